The van der Waals surface area contributed by atoms with Gasteiger partial charge in [-0.3, -0.25) is 0 Å². The van der Waals surface area contributed by atoms with Crippen LogP contribution in [-0.4, -0.2) is 49.0 Å². The maximum Gasteiger partial charge on any atom is 0.0742 e. The van der Waals surface area contributed by atoms with Crippen LogP contribution in [0, 0.1) is 0 Å². The van der Waals surface area contributed by atoms with E-state index in [1.807, 2.05) is 25.9 Å². The van der Waals surface area contributed by atoms with Crippen LogP contribution < -0.4 is 0 Å². The molecule has 3 atom stereocenters. The summed E-state index contributed by atoms with van der Waals surface area (Å²) >= 11 is 0. The number of hydrogen-bond acceptors (Lipinski definition) is 3. The van der Waals surface area contributed by atoms with E-state index >= 15 is 0 Å². The van der Waals surface area contributed by atoms with E-state index in [9.17, 15) is 5.11 Å². The van der Waals surface area contributed by atoms with Gasteiger partial charge in [0.15, 0.2) is 0 Å². The van der Waals surface area contributed by atoms with Crippen LogP contribution in [0.1, 0.15) is 13.3 Å². The van der Waals surface area contributed by atoms with Gasteiger partial charge in [0.1, 0.15) is 0 Å². The van der Waals surface area contributed by atoms with Gasteiger partial charge in [0.05, 0.1) is 18.2 Å². The first-order valence-electron chi connectivity index (χ1n) is 4.09. The van der Waals surface area contributed by atoms with E-state index in [2.05, 4.69) is 0 Å². The molecular formula is C8H17NO2. The summed E-state index contributed by atoms with van der Waals surface area (Å²) in [6.07, 6.45) is 0.676. The second kappa shape index (κ2) is 3.52. The molecule has 0 aromatic rings. The van der Waals surface area contributed by atoms with E-state index in [0.717, 1.165) is 6.42 Å². The lowest BCUT2D eigenvalue weighted by Gasteiger charge is -2.37. The van der Waals surface area contributed by atoms with Gasteiger partial charge in [-0.2, -0.15) is 0 Å². The Morgan fingerprint density at radius 3 is 2.45 bits per heavy atom. The monoisotopic (exact) mass is 159 g/mol. The van der Waals surface area contributed by atoms with Crippen molar-refractivity contribution in [2.45, 2.75) is 31.6 Å². The predicted octanol–water partition coefficient (Wildman–Crippen LogP) is 0.0863. The minimum Gasteiger partial charge on any atom is -0.391 e. The van der Waals surface area contributed by atoms with Crippen LogP contribution in [-0.2, 0) is 4.74 Å². The van der Waals surface area contributed by atoms with Crippen LogP contribution in [0.2, 0.25) is 0 Å². The van der Waals surface area contributed by atoms with Crippen LogP contribution in [0.15, 0.2) is 0 Å². The van der Waals surface area contributed by atoms with Crippen molar-refractivity contribution in [1.29, 1.82) is 0 Å². The number of hydrogen-bond donors (Lipinski definition) is 1. The summed E-state index contributed by atoms with van der Waals surface area (Å²) in [5.74, 6) is 0. The Labute approximate surface area is 68.0 Å². The van der Waals surface area contributed by atoms with Crippen molar-refractivity contribution in [3.63, 3.8) is 0 Å². The number of ether oxygens (including phenoxy) is 1. The SMILES string of the molecule is CC1OCCC(O)C1N(C)C. The third-order valence-electron chi connectivity index (χ3n) is 2.27. The molecule has 1 aliphatic heterocycles. The molecule has 1 aliphatic rings. The molecule has 1 saturated heterocycles. The standard InChI is InChI=1S/C8H17NO2/c1-6-8(9(2)3)7(10)4-5-11-6/h6-8,10H,4-5H2,1-3H3. The molecule has 0 spiro atoms. The van der Waals surface area contributed by atoms with Crippen LogP contribution >= 0.6 is 0 Å². The molecule has 0 aromatic carbocycles. The highest BCUT2D eigenvalue weighted by Gasteiger charge is 2.31. The molecule has 3 nitrogen and oxygen atoms in total. The van der Waals surface area contributed by atoms with Gasteiger partial charge >= 0.3 is 0 Å². The predicted molar refractivity (Wildman–Crippen MR) is 43.5 cm³/mol. The lowest BCUT2D eigenvalue weighted by molar-refractivity contribution is -0.0918. The summed E-state index contributed by atoms with van der Waals surface area (Å²) in [7, 11) is 3.94. The zero-order valence-electron chi connectivity index (χ0n) is 7.45. The Bertz CT molecular complexity index is 117. The quantitative estimate of drug-likeness (QED) is 0.588. The lowest BCUT2D eigenvalue weighted by atomic mass is 10.00. The molecule has 66 valence electrons. The van der Waals surface area contributed by atoms with Crippen molar-refractivity contribution in [3.8, 4) is 0 Å². The maximum atomic E-state index is 9.59. The normalized spacial score (nSPS) is 39.5. The van der Waals surface area contributed by atoms with Crippen LogP contribution in [0.5, 0.6) is 0 Å². The second-order valence-electron chi connectivity index (χ2n) is 3.39. The highest BCUT2D eigenvalue weighted by Crippen LogP contribution is 2.17. The second-order valence-corrected chi connectivity index (χ2v) is 3.39. The molecule has 3 heteroatoms. The molecule has 0 bridgehead atoms. The molecule has 1 rings (SSSR count). The first kappa shape index (κ1) is 8.97. The highest BCUT2D eigenvalue weighted by molar-refractivity contribution is 4.84. The van der Waals surface area contributed by atoms with Crippen LogP contribution in [0.3, 0.4) is 0 Å². The van der Waals surface area contributed by atoms with Crippen molar-refractivity contribution < 1.29 is 9.84 Å². The number of aliphatic hydroxyl groups is 1. The van der Waals surface area contributed by atoms with Crippen molar-refractivity contribution in [2.24, 2.45) is 0 Å². The van der Waals surface area contributed by atoms with E-state index in [4.69, 9.17) is 4.74 Å². The summed E-state index contributed by atoms with van der Waals surface area (Å²) in [6.45, 7) is 2.69. The van der Waals surface area contributed by atoms with Gasteiger partial charge < -0.3 is 14.7 Å². The number of aliphatic hydroxyl groups excluding tert-OH is 1. The first-order valence-corrected chi connectivity index (χ1v) is 4.09. The van der Waals surface area contributed by atoms with E-state index in [0.29, 0.717) is 6.61 Å². The van der Waals surface area contributed by atoms with Gasteiger partial charge in [0.2, 0.25) is 0 Å². The Kier molecular flexibility index (Phi) is 2.87. The van der Waals surface area contributed by atoms with E-state index in [1.165, 1.54) is 0 Å². The Morgan fingerprint density at radius 1 is 1.45 bits per heavy atom. The van der Waals surface area contributed by atoms with E-state index < -0.39 is 0 Å². The Hall–Kier alpha value is -0.120. The summed E-state index contributed by atoms with van der Waals surface area (Å²) in [4.78, 5) is 2.02. The van der Waals surface area contributed by atoms with Gasteiger partial charge in [0.25, 0.3) is 0 Å². The zero-order valence-corrected chi connectivity index (χ0v) is 7.45. The molecule has 1 fully saturated rings. The number of nitrogens with zero attached hydrogens (tertiary/aromatic N) is 1. The Morgan fingerprint density at radius 2 is 2.09 bits per heavy atom. The van der Waals surface area contributed by atoms with Gasteiger partial charge in [-0.1, -0.05) is 0 Å². The summed E-state index contributed by atoms with van der Waals surface area (Å²) < 4.78 is 5.42. The summed E-state index contributed by atoms with van der Waals surface area (Å²) in [5, 5.41) is 9.59. The Balaban J connectivity index is 2.55. The van der Waals surface area contributed by atoms with E-state index in [1.54, 1.807) is 0 Å². The van der Waals surface area contributed by atoms with Gasteiger partial charge in [-0.25, -0.2) is 0 Å². The molecule has 0 aliphatic carbocycles. The van der Waals surface area contributed by atoms with Gasteiger partial charge in [0, 0.05) is 6.61 Å². The fourth-order valence-corrected chi connectivity index (χ4v) is 1.72. The molecule has 0 aromatic heterocycles. The highest BCUT2D eigenvalue weighted by atomic mass is 16.5. The zero-order chi connectivity index (χ0) is 8.43. The fraction of sp³-hybridized carbons (Fsp3) is 1.00. The molecule has 1 N–H and O–H groups in total. The lowest BCUT2D eigenvalue weighted by Crippen LogP contribution is -2.51. The first-order chi connectivity index (χ1) is 5.13. The molecule has 3 unspecified atom stereocenters. The molecule has 1 heterocycles. The summed E-state index contributed by atoms with van der Waals surface area (Å²) in [6, 6.07) is 0.156. The smallest absolute Gasteiger partial charge is 0.0742 e. The van der Waals surface area contributed by atoms with Crippen molar-refractivity contribution in [1.82, 2.24) is 4.90 Å². The average molecular weight is 159 g/mol. The van der Waals surface area contributed by atoms with Crippen LogP contribution in [0.25, 0.3) is 0 Å². The molecule has 0 radical (unpaired) electrons. The topological polar surface area (TPSA) is 32.7 Å². The summed E-state index contributed by atoms with van der Waals surface area (Å²) in [5.41, 5.74) is 0. The van der Waals surface area contributed by atoms with Crippen molar-refractivity contribution in [3.05, 3.63) is 0 Å². The molecular weight excluding hydrogens is 142 g/mol. The van der Waals surface area contributed by atoms with Crippen molar-refractivity contribution >= 4 is 0 Å². The fourth-order valence-electron chi connectivity index (χ4n) is 1.72. The third-order valence-corrected chi connectivity index (χ3v) is 2.27. The van der Waals surface area contributed by atoms with Gasteiger partial charge in [-0.15, -0.1) is 0 Å². The third kappa shape index (κ3) is 1.92. The average Bonchev–Trinajstić information content (AvgIpc) is 1.85. The van der Waals surface area contributed by atoms with E-state index in [-0.39, 0.29) is 18.2 Å². The molecule has 11 heavy (non-hydrogen) atoms. The largest absolute Gasteiger partial charge is 0.391 e. The number of likely N-dealkylation sites (N-methyl/N-ethyl adjacent to an activating group) is 1. The number of rotatable bonds is 1. The van der Waals surface area contributed by atoms with Gasteiger partial charge in [-0.05, 0) is 27.4 Å². The minimum absolute atomic E-state index is 0.147. The minimum atomic E-state index is -0.228. The molecule has 0 saturated carbocycles. The molecule has 0 amide bonds. The maximum absolute atomic E-state index is 9.59. The van der Waals surface area contributed by atoms with Crippen LogP contribution in [0.4, 0.5) is 0 Å². The van der Waals surface area contributed by atoms with Crippen molar-refractivity contribution in [2.75, 3.05) is 20.7 Å².